The number of halogens is 1. The zero-order chi connectivity index (χ0) is 22.6. The lowest BCUT2D eigenvalue weighted by atomic mass is 9.86. The molecule has 5 rings (SSSR count). The summed E-state index contributed by atoms with van der Waals surface area (Å²) in [4.78, 5) is 0. The minimum absolute atomic E-state index is 0.226. The van der Waals surface area contributed by atoms with E-state index in [-0.39, 0.29) is 5.92 Å². The van der Waals surface area contributed by atoms with E-state index in [1.165, 1.54) is 16.7 Å². The van der Waals surface area contributed by atoms with Crippen LogP contribution in [0.5, 0.6) is 5.75 Å². The number of rotatable bonds is 6. The van der Waals surface area contributed by atoms with Gasteiger partial charge in [-0.2, -0.15) is 5.10 Å². The van der Waals surface area contributed by atoms with Gasteiger partial charge in [0.25, 0.3) is 0 Å². The van der Waals surface area contributed by atoms with Gasteiger partial charge in [-0.3, -0.25) is 0 Å². The van der Waals surface area contributed by atoms with E-state index >= 15 is 0 Å². The second-order valence-corrected chi connectivity index (χ2v) is 8.90. The van der Waals surface area contributed by atoms with Crippen LogP contribution in [0.1, 0.15) is 41.1 Å². The molecule has 2 heterocycles. The van der Waals surface area contributed by atoms with Crippen LogP contribution in [0, 0.1) is 0 Å². The highest BCUT2D eigenvalue weighted by molar-refractivity contribution is 6.30. The van der Waals surface area contributed by atoms with E-state index in [0.29, 0.717) is 5.02 Å². The summed E-state index contributed by atoms with van der Waals surface area (Å²) in [5.74, 6) is 2.04. The van der Waals surface area contributed by atoms with Crippen molar-refractivity contribution in [1.29, 1.82) is 0 Å². The van der Waals surface area contributed by atoms with Gasteiger partial charge in [0, 0.05) is 29.5 Å². The summed E-state index contributed by atoms with van der Waals surface area (Å²) >= 11 is 6.37. The lowest BCUT2D eigenvalue weighted by Gasteiger charge is -2.18. The number of hydrogen-bond donors (Lipinski definition) is 1. The van der Waals surface area contributed by atoms with Crippen molar-refractivity contribution in [3.63, 3.8) is 0 Å². The SMILES string of the molecule is COc1ccc(Cl)cc1-n1nc(CC(c2ccccc2)c2ccccc2)c2c1NCCCC2. The monoisotopic (exact) mass is 457 g/mol. The van der Waals surface area contributed by atoms with Crippen LogP contribution in [0.2, 0.25) is 5.02 Å². The van der Waals surface area contributed by atoms with E-state index in [0.717, 1.165) is 55.2 Å². The Morgan fingerprint density at radius 1 is 0.970 bits per heavy atom. The Balaban J connectivity index is 1.63. The average molecular weight is 458 g/mol. The highest BCUT2D eigenvalue weighted by Crippen LogP contribution is 2.36. The van der Waals surface area contributed by atoms with Gasteiger partial charge in [0.2, 0.25) is 0 Å². The second-order valence-electron chi connectivity index (χ2n) is 8.46. The first-order valence-corrected chi connectivity index (χ1v) is 11.9. The topological polar surface area (TPSA) is 39.1 Å². The Morgan fingerprint density at radius 3 is 2.33 bits per heavy atom. The lowest BCUT2D eigenvalue weighted by Crippen LogP contribution is -2.09. The summed E-state index contributed by atoms with van der Waals surface area (Å²) in [7, 11) is 1.68. The van der Waals surface area contributed by atoms with Crippen molar-refractivity contribution in [2.45, 2.75) is 31.6 Å². The summed E-state index contributed by atoms with van der Waals surface area (Å²) in [5, 5.41) is 9.46. The van der Waals surface area contributed by atoms with Crippen molar-refractivity contribution >= 4 is 17.4 Å². The Kier molecular flexibility index (Phi) is 6.36. The molecule has 0 saturated carbocycles. The van der Waals surface area contributed by atoms with Crippen LogP contribution < -0.4 is 10.1 Å². The quantitative estimate of drug-likeness (QED) is 0.352. The van der Waals surface area contributed by atoms with Gasteiger partial charge in [-0.05, 0) is 48.6 Å². The molecular formula is C28H28ClN3O. The third-order valence-corrected chi connectivity index (χ3v) is 6.62. The molecular weight excluding hydrogens is 430 g/mol. The first kappa shape index (κ1) is 21.6. The van der Waals surface area contributed by atoms with Crippen LogP contribution in [0.4, 0.5) is 5.82 Å². The Bertz CT molecular complexity index is 1180. The maximum absolute atomic E-state index is 6.37. The fraction of sp³-hybridized carbons (Fsp3) is 0.250. The van der Waals surface area contributed by atoms with Crippen LogP contribution in [0.3, 0.4) is 0 Å². The number of nitrogens with one attached hydrogen (secondary N) is 1. The number of hydrogen-bond acceptors (Lipinski definition) is 3. The van der Waals surface area contributed by atoms with Gasteiger partial charge in [0.15, 0.2) is 0 Å². The number of anilines is 1. The molecule has 0 amide bonds. The summed E-state index contributed by atoms with van der Waals surface area (Å²) in [6.07, 6.45) is 4.12. The van der Waals surface area contributed by atoms with E-state index in [1.807, 2.05) is 22.9 Å². The number of ether oxygens (including phenoxy) is 1. The molecule has 0 spiro atoms. The number of aromatic nitrogens is 2. The largest absolute Gasteiger partial charge is 0.494 e. The van der Waals surface area contributed by atoms with Crippen molar-refractivity contribution in [2.24, 2.45) is 0 Å². The summed E-state index contributed by atoms with van der Waals surface area (Å²) in [6.45, 7) is 0.932. The van der Waals surface area contributed by atoms with Gasteiger partial charge in [-0.1, -0.05) is 72.3 Å². The molecule has 0 bridgehead atoms. The summed E-state index contributed by atoms with van der Waals surface area (Å²) < 4.78 is 7.65. The minimum atomic E-state index is 0.226. The minimum Gasteiger partial charge on any atom is -0.494 e. The lowest BCUT2D eigenvalue weighted by molar-refractivity contribution is 0.412. The Labute approximate surface area is 200 Å². The predicted molar refractivity (Wildman–Crippen MR) is 135 cm³/mol. The smallest absolute Gasteiger partial charge is 0.144 e. The van der Waals surface area contributed by atoms with Gasteiger partial charge >= 0.3 is 0 Å². The summed E-state index contributed by atoms with van der Waals surface area (Å²) in [5.41, 5.74) is 5.88. The molecule has 0 atom stereocenters. The van der Waals surface area contributed by atoms with E-state index < -0.39 is 0 Å². The molecule has 1 aromatic heterocycles. The van der Waals surface area contributed by atoms with Crippen LogP contribution in [0.15, 0.2) is 78.9 Å². The number of fused-ring (bicyclic) bond motifs is 1. The molecule has 0 unspecified atom stereocenters. The highest BCUT2D eigenvalue weighted by Gasteiger charge is 2.25. The molecule has 5 heteroatoms. The number of nitrogens with zero attached hydrogens (tertiary/aromatic N) is 2. The third-order valence-electron chi connectivity index (χ3n) is 6.38. The molecule has 1 aliphatic rings. The second kappa shape index (κ2) is 9.72. The molecule has 0 aliphatic carbocycles. The van der Waals surface area contributed by atoms with Crippen LogP contribution >= 0.6 is 11.6 Å². The van der Waals surface area contributed by atoms with Crippen molar-refractivity contribution in [2.75, 3.05) is 19.0 Å². The van der Waals surface area contributed by atoms with Gasteiger partial charge in [0.1, 0.15) is 17.3 Å². The molecule has 4 aromatic rings. The fourth-order valence-corrected chi connectivity index (χ4v) is 4.90. The predicted octanol–water partition coefficient (Wildman–Crippen LogP) is 6.66. The van der Waals surface area contributed by atoms with Gasteiger partial charge in [-0.15, -0.1) is 0 Å². The van der Waals surface area contributed by atoms with Crippen LogP contribution in [-0.2, 0) is 12.8 Å². The molecule has 33 heavy (non-hydrogen) atoms. The van der Waals surface area contributed by atoms with Crippen LogP contribution in [-0.4, -0.2) is 23.4 Å². The van der Waals surface area contributed by atoms with E-state index in [4.69, 9.17) is 21.4 Å². The molecule has 1 N–H and O–H groups in total. The zero-order valence-electron chi connectivity index (χ0n) is 18.8. The summed E-state index contributed by atoms with van der Waals surface area (Å²) in [6, 6.07) is 27.1. The molecule has 3 aromatic carbocycles. The molecule has 168 valence electrons. The first-order chi connectivity index (χ1) is 16.2. The highest BCUT2D eigenvalue weighted by atomic mass is 35.5. The third kappa shape index (κ3) is 4.49. The van der Waals surface area contributed by atoms with Crippen molar-refractivity contribution in [3.05, 3.63) is 106 Å². The van der Waals surface area contributed by atoms with Crippen molar-refractivity contribution in [1.82, 2.24) is 9.78 Å². The molecule has 0 saturated heterocycles. The standard InChI is InChI=1S/C28H28ClN3O/c1-33-27-16-15-22(29)18-26(27)32-28-23(14-8-9-17-30-28)25(31-32)19-24(20-10-4-2-5-11-20)21-12-6-3-7-13-21/h2-7,10-13,15-16,18,24,30H,8-9,14,17,19H2,1H3. The fourth-order valence-electron chi connectivity index (χ4n) is 4.73. The maximum Gasteiger partial charge on any atom is 0.144 e. The zero-order valence-corrected chi connectivity index (χ0v) is 19.6. The average Bonchev–Trinajstić information content (AvgIpc) is 3.02. The van der Waals surface area contributed by atoms with Gasteiger partial charge in [-0.25, -0.2) is 4.68 Å². The number of benzene rings is 3. The van der Waals surface area contributed by atoms with E-state index in [1.54, 1.807) is 7.11 Å². The van der Waals surface area contributed by atoms with Gasteiger partial charge < -0.3 is 10.1 Å². The van der Waals surface area contributed by atoms with Crippen molar-refractivity contribution in [3.8, 4) is 11.4 Å². The van der Waals surface area contributed by atoms with E-state index in [9.17, 15) is 0 Å². The molecule has 0 fully saturated rings. The number of methoxy groups -OCH3 is 1. The molecule has 0 radical (unpaired) electrons. The first-order valence-electron chi connectivity index (χ1n) is 11.5. The van der Waals surface area contributed by atoms with Crippen LogP contribution in [0.25, 0.3) is 5.69 Å². The van der Waals surface area contributed by atoms with Gasteiger partial charge in [0.05, 0.1) is 12.8 Å². The Hall–Kier alpha value is -3.24. The molecule has 4 nitrogen and oxygen atoms in total. The maximum atomic E-state index is 6.37. The molecule has 1 aliphatic heterocycles. The normalized spacial score (nSPS) is 13.3. The van der Waals surface area contributed by atoms with E-state index in [2.05, 4.69) is 66.0 Å². The Morgan fingerprint density at radius 2 is 1.67 bits per heavy atom. The van der Waals surface area contributed by atoms with Crippen molar-refractivity contribution < 1.29 is 4.74 Å².